The topological polar surface area (TPSA) is 83.3 Å². The number of fused-ring (bicyclic) bond motifs is 1. The molecule has 0 aliphatic carbocycles. The number of hydrogen-bond acceptors (Lipinski definition) is 5. The Morgan fingerprint density at radius 2 is 1.91 bits per heavy atom. The fourth-order valence-corrected chi connectivity index (χ4v) is 2.68. The fraction of sp³-hybridized carbons (Fsp3) is 0.267. The van der Waals surface area contributed by atoms with Crippen LogP contribution in [0.25, 0.3) is 17.0 Å². The highest BCUT2D eigenvalue weighted by atomic mass is 32.2. The van der Waals surface area contributed by atoms with Gasteiger partial charge in [-0.05, 0) is 25.7 Å². The summed E-state index contributed by atoms with van der Waals surface area (Å²) in [7, 11) is 0. The molecule has 3 aromatic rings. The molecule has 0 spiro atoms. The number of nitrogens with one attached hydrogen (secondary N) is 1. The molecule has 3 rings (SSSR count). The van der Waals surface area contributed by atoms with Gasteiger partial charge in [-0.3, -0.25) is 9.89 Å². The lowest BCUT2D eigenvalue weighted by atomic mass is 9.97. The number of nitrogens with zero attached hydrogens (tertiary/aromatic N) is 3. The van der Waals surface area contributed by atoms with Crippen molar-refractivity contribution in [3.05, 3.63) is 46.2 Å². The number of aliphatic hydroxyl groups is 1. The lowest BCUT2D eigenvalue weighted by molar-refractivity contribution is 0.0786. The highest BCUT2D eigenvalue weighted by molar-refractivity contribution is 7.98. The Kier molecular flexibility index (Phi) is 3.54. The summed E-state index contributed by atoms with van der Waals surface area (Å²) >= 11 is 1.43. The first kappa shape index (κ1) is 14.8. The predicted octanol–water partition coefficient (Wildman–Crippen LogP) is 2.03. The van der Waals surface area contributed by atoms with Gasteiger partial charge in [0.1, 0.15) is 0 Å². The van der Waals surface area contributed by atoms with E-state index in [0.717, 1.165) is 11.1 Å². The average molecular weight is 316 g/mol. The number of thioether (sulfide) groups is 1. The van der Waals surface area contributed by atoms with E-state index in [1.807, 2.05) is 30.5 Å². The van der Waals surface area contributed by atoms with Crippen LogP contribution in [0, 0.1) is 0 Å². The van der Waals surface area contributed by atoms with E-state index in [9.17, 15) is 9.90 Å². The van der Waals surface area contributed by atoms with Crippen LogP contribution >= 0.6 is 11.8 Å². The molecule has 0 unspecified atom stereocenters. The number of aromatic nitrogens is 4. The van der Waals surface area contributed by atoms with Gasteiger partial charge in [-0.2, -0.15) is 0 Å². The molecule has 0 saturated heterocycles. The maximum absolute atomic E-state index is 11.5. The summed E-state index contributed by atoms with van der Waals surface area (Å²) < 4.78 is 1.57. The molecule has 114 valence electrons. The minimum absolute atomic E-state index is 0.209. The van der Waals surface area contributed by atoms with Gasteiger partial charge < -0.3 is 5.11 Å². The van der Waals surface area contributed by atoms with Crippen molar-refractivity contribution in [1.82, 2.24) is 19.6 Å². The van der Waals surface area contributed by atoms with E-state index < -0.39 is 5.60 Å². The summed E-state index contributed by atoms with van der Waals surface area (Å²) in [5.41, 5.74) is 1.09. The fourth-order valence-electron chi connectivity index (χ4n) is 2.18. The van der Waals surface area contributed by atoms with E-state index in [1.165, 1.54) is 17.8 Å². The monoisotopic (exact) mass is 316 g/mol. The van der Waals surface area contributed by atoms with Crippen LogP contribution in [0.2, 0.25) is 0 Å². The normalized spacial score (nSPS) is 12.0. The highest BCUT2D eigenvalue weighted by Gasteiger charge is 2.16. The minimum Gasteiger partial charge on any atom is -0.386 e. The molecule has 1 aromatic carbocycles. The molecule has 0 atom stereocenters. The first-order valence-electron chi connectivity index (χ1n) is 6.75. The molecule has 0 amide bonds. The van der Waals surface area contributed by atoms with Crippen LogP contribution in [0.15, 0.2) is 40.3 Å². The van der Waals surface area contributed by atoms with Crippen LogP contribution in [0.5, 0.6) is 0 Å². The van der Waals surface area contributed by atoms with Gasteiger partial charge in [0.25, 0.3) is 5.56 Å². The second-order valence-corrected chi connectivity index (χ2v) is 6.26. The molecule has 0 aliphatic rings. The zero-order valence-electron chi connectivity index (χ0n) is 12.5. The highest BCUT2D eigenvalue weighted by Crippen LogP contribution is 2.24. The zero-order valence-corrected chi connectivity index (χ0v) is 13.3. The van der Waals surface area contributed by atoms with E-state index in [2.05, 4.69) is 15.1 Å². The summed E-state index contributed by atoms with van der Waals surface area (Å²) in [6, 6.07) is 8.88. The first-order chi connectivity index (χ1) is 10.4. The summed E-state index contributed by atoms with van der Waals surface area (Å²) in [6.45, 7) is 3.48. The Morgan fingerprint density at radius 1 is 1.23 bits per heavy atom. The van der Waals surface area contributed by atoms with E-state index in [1.54, 1.807) is 18.4 Å². The molecule has 0 aliphatic heterocycles. The third-order valence-electron chi connectivity index (χ3n) is 3.36. The Hall–Kier alpha value is -2.12. The van der Waals surface area contributed by atoms with Crippen molar-refractivity contribution in [2.45, 2.75) is 24.6 Å². The quantitative estimate of drug-likeness (QED) is 0.722. The van der Waals surface area contributed by atoms with Crippen molar-refractivity contribution >= 4 is 17.4 Å². The van der Waals surface area contributed by atoms with Gasteiger partial charge in [0.15, 0.2) is 16.6 Å². The van der Waals surface area contributed by atoms with Gasteiger partial charge in [0.2, 0.25) is 0 Å². The van der Waals surface area contributed by atoms with Crippen LogP contribution in [0.3, 0.4) is 0 Å². The van der Waals surface area contributed by atoms with Gasteiger partial charge in [-0.15, -0.1) is 0 Å². The number of benzene rings is 1. The second kappa shape index (κ2) is 5.26. The maximum Gasteiger partial charge on any atom is 0.266 e. The third kappa shape index (κ3) is 2.65. The summed E-state index contributed by atoms with van der Waals surface area (Å²) in [5.74, 6) is 0.547. The third-order valence-corrected chi connectivity index (χ3v) is 4.00. The largest absolute Gasteiger partial charge is 0.386 e. The first-order valence-corrected chi connectivity index (χ1v) is 7.98. The molecule has 0 radical (unpaired) electrons. The van der Waals surface area contributed by atoms with Crippen LogP contribution < -0.4 is 5.56 Å². The Bertz CT molecular complexity index is 875. The van der Waals surface area contributed by atoms with Crippen molar-refractivity contribution in [3.63, 3.8) is 0 Å². The van der Waals surface area contributed by atoms with Crippen molar-refractivity contribution in [2.24, 2.45) is 0 Å². The molecule has 22 heavy (non-hydrogen) atoms. The van der Waals surface area contributed by atoms with Gasteiger partial charge in [-0.25, -0.2) is 14.5 Å². The molecule has 2 N–H and O–H groups in total. The van der Waals surface area contributed by atoms with Crippen LogP contribution in [-0.4, -0.2) is 30.9 Å². The number of hydrogen-bond donors (Lipinski definition) is 2. The summed E-state index contributed by atoms with van der Waals surface area (Å²) in [6.07, 6.45) is 1.89. The van der Waals surface area contributed by atoms with Crippen molar-refractivity contribution in [3.8, 4) is 11.4 Å². The minimum atomic E-state index is -0.887. The average Bonchev–Trinajstić information content (AvgIpc) is 2.85. The van der Waals surface area contributed by atoms with Crippen LogP contribution in [0.1, 0.15) is 19.4 Å². The zero-order chi connectivity index (χ0) is 15.9. The maximum atomic E-state index is 11.5. The second-order valence-electron chi connectivity index (χ2n) is 5.48. The number of H-pyrrole nitrogens is 1. The van der Waals surface area contributed by atoms with Gasteiger partial charge in [-0.1, -0.05) is 36.0 Å². The SMILES string of the molecule is CSc1nc(-c2ccc(C(C)(C)O)cc2)nc2cc(=O)[nH]n12. The number of rotatable bonds is 3. The van der Waals surface area contributed by atoms with E-state index in [0.29, 0.717) is 16.6 Å². The molecule has 7 heteroatoms. The Morgan fingerprint density at radius 3 is 2.50 bits per heavy atom. The Balaban J connectivity index is 2.11. The molecular weight excluding hydrogens is 300 g/mol. The summed E-state index contributed by atoms with van der Waals surface area (Å²) in [5, 5.41) is 13.3. The van der Waals surface area contributed by atoms with Crippen molar-refractivity contribution in [2.75, 3.05) is 6.26 Å². The predicted molar refractivity (Wildman–Crippen MR) is 86.1 cm³/mol. The molecule has 0 saturated carbocycles. The smallest absolute Gasteiger partial charge is 0.266 e. The van der Waals surface area contributed by atoms with E-state index >= 15 is 0 Å². The Labute approximate surface area is 131 Å². The van der Waals surface area contributed by atoms with Gasteiger partial charge >= 0.3 is 0 Å². The van der Waals surface area contributed by atoms with Crippen LogP contribution in [0.4, 0.5) is 0 Å². The molecule has 0 fully saturated rings. The lowest BCUT2D eigenvalue weighted by Crippen LogP contribution is -2.15. The van der Waals surface area contributed by atoms with Gasteiger partial charge in [0, 0.05) is 11.6 Å². The van der Waals surface area contributed by atoms with Gasteiger partial charge in [0.05, 0.1) is 5.60 Å². The molecular formula is C15H16N4O2S. The lowest BCUT2D eigenvalue weighted by Gasteiger charge is -2.17. The van der Waals surface area contributed by atoms with E-state index in [-0.39, 0.29) is 5.56 Å². The molecule has 2 aromatic heterocycles. The molecule has 6 nitrogen and oxygen atoms in total. The van der Waals surface area contributed by atoms with Crippen molar-refractivity contribution < 1.29 is 5.11 Å². The van der Waals surface area contributed by atoms with E-state index in [4.69, 9.17) is 0 Å². The van der Waals surface area contributed by atoms with Crippen molar-refractivity contribution in [1.29, 1.82) is 0 Å². The van der Waals surface area contributed by atoms with Crippen LogP contribution in [-0.2, 0) is 5.60 Å². The number of aromatic amines is 1. The molecule has 0 bridgehead atoms. The molecule has 2 heterocycles. The standard InChI is InChI=1S/C15H16N4O2S/c1-15(2,21)10-6-4-9(5-7-10)13-16-11-8-12(20)18-19(11)14(17-13)22-3/h4-8,21H,1-3H3,(H,18,20). The summed E-state index contributed by atoms with van der Waals surface area (Å²) in [4.78, 5) is 20.4.